The van der Waals surface area contributed by atoms with Crippen LogP contribution in [-0.2, 0) is 6.54 Å². The van der Waals surface area contributed by atoms with Crippen LogP contribution in [0.25, 0.3) is 0 Å². The third kappa shape index (κ3) is 5.45. The second-order valence-corrected chi connectivity index (χ2v) is 6.36. The predicted molar refractivity (Wildman–Crippen MR) is 105 cm³/mol. The van der Waals surface area contributed by atoms with E-state index in [1.54, 1.807) is 0 Å². The maximum atomic E-state index is 4.17. The summed E-state index contributed by atoms with van der Waals surface area (Å²) in [7, 11) is 1.88. The lowest BCUT2D eigenvalue weighted by Gasteiger charge is -2.13. The van der Waals surface area contributed by atoms with Gasteiger partial charge in [0.25, 0.3) is 0 Å². The van der Waals surface area contributed by atoms with Crippen LogP contribution in [0.15, 0.2) is 72.6 Å². The Morgan fingerprint density at radius 3 is 2.71 bits per heavy atom. The third-order valence-corrected chi connectivity index (χ3v) is 4.38. The van der Waals surface area contributed by atoms with E-state index >= 15 is 0 Å². The van der Waals surface area contributed by atoms with E-state index in [1.165, 1.54) is 24.0 Å². The molecule has 128 valence electrons. The largest absolute Gasteiger partial charge is 0.388 e. The summed E-state index contributed by atoms with van der Waals surface area (Å²) in [6.45, 7) is 11.2. The maximum Gasteiger partial charge on any atom is 0.0395 e. The van der Waals surface area contributed by atoms with Crippen LogP contribution in [0, 0.1) is 0 Å². The summed E-state index contributed by atoms with van der Waals surface area (Å²) < 4.78 is 0. The van der Waals surface area contributed by atoms with Crippen molar-refractivity contribution in [3.05, 3.63) is 83.7 Å². The molecular formula is C22H30N2. The molecular weight excluding hydrogens is 292 g/mol. The summed E-state index contributed by atoms with van der Waals surface area (Å²) in [5.74, 6) is 0.800. The van der Waals surface area contributed by atoms with E-state index in [0.717, 1.165) is 42.1 Å². The van der Waals surface area contributed by atoms with Gasteiger partial charge in [0.15, 0.2) is 0 Å². The molecule has 0 unspecified atom stereocenters. The number of hydrogen-bond donors (Lipinski definition) is 2. The van der Waals surface area contributed by atoms with Crippen LogP contribution in [0.5, 0.6) is 0 Å². The Labute approximate surface area is 147 Å². The molecule has 1 aromatic carbocycles. The second kappa shape index (κ2) is 9.17. The van der Waals surface area contributed by atoms with Crippen molar-refractivity contribution in [2.75, 3.05) is 7.05 Å². The molecule has 0 saturated heterocycles. The molecule has 0 atom stereocenters. The number of rotatable bonds is 10. The zero-order valence-electron chi connectivity index (χ0n) is 15.1. The van der Waals surface area contributed by atoms with Gasteiger partial charge >= 0.3 is 0 Å². The van der Waals surface area contributed by atoms with E-state index in [9.17, 15) is 0 Å². The van der Waals surface area contributed by atoms with Gasteiger partial charge in [-0.05, 0) is 53.9 Å². The molecule has 24 heavy (non-hydrogen) atoms. The standard InChI is InChI=1S/C22H30N2/c1-5-6-7-10-22(17(2)18(3)23-4)16-24-15-19-9-8-11-21(14-19)20-12-13-20/h6-9,11,14,16,20,23-24H,2-3,5,10,12-13,15H2,1,4H3/b7-6-,22-16+. The fourth-order valence-electron chi connectivity index (χ4n) is 2.66. The highest BCUT2D eigenvalue weighted by Crippen LogP contribution is 2.40. The van der Waals surface area contributed by atoms with Gasteiger partial charge < -0.3 is 10.6 Å². The summed E-state index contributed by atoms with van der Waals surface area (Å²) in [4.78, 5) is 0. The number of likely N-dealkylation sites (N-methyl/N-ethyl adjacent to an activating group) is 1. The van der Waals surface area contributed by atoms with Crippen LogP contribution in [0.3, 0.4) is 0 Å². The van der Waals surface area contributed by atoms with Crippen molar-refractivity contribution in [3.8, 4) is 0 Å². The minimum Gasteiger partial charge on any atom is -0.388 e. The first kappa shape index (κ1) is 18.1. The Bertz CT molecular complexity index is 633. The highest BCUT2D eigenvalue weighted by molar-refractivity contribution is 5.43. The zero-order chi connectivity index (χ0) is 17.4. The van der Waals surface area contributed by atoms with Crippen LogP contribution >= 0.6 is 0 Å². The van der Waals surface area contributed by atoms with E-state index in [4.69, 9.17) is 0 Å². The Balaban J connectivity index is 2.00. The van der Waals surface area contributed by atoms with Gasteiger partial charge in [-0.15, -0.1) is 0 Å². The fourth-order valence-corrected chi connectivity index (χ4v) is 2.66. The Kier molecular flexibility index (Phi) is 6.92. The zero-order valence-corrected chi connectivity index (χ0v) is 15.1. The molecule has 2 nitrogen and oxygen atoms in total. The average molecular weight is 322 g/mol. The average Bonchev–Trinajstić information content (AvgIpc) is 3.44. The fraction of sp³-hybridized carbons (Fsp3) is 0.364. The molecule has 1 aliphatic rings. The molecule has 0 amide bonds. The van der Waals surface area contributed by atoms with Crippen molar-refractivity contribution >= 4 is 0 Å². The van der Waals surface area contributed by atoms with Gasteiger partial charge in [0.05, 0.1) is 0 Å². The normalized spacial score (nSPS) is 14.7. The van der Waals surface area contributed by atoms with E-state index in [-0.39, 0.29) is 0 Å². The van der Waals surface area contributed by atoms with E-state index < -0.39 is 0 Å². The van der Waals surface area contributed by atoms with Crippen molar-refractivity contribution < 1.29 is 0 Å². The SMILES string of the molecule is C=C(NC)C(=C)/C(=C/NCc1cccc(C2CC2)c1)C/C=C\CC. The van der Waals surface area contributed by atoms with Gasteiger partial charge in [-0.2, -0.15) is 0 Å². The molecule has 0 heterocycles. The Hall–Kier alpha value is -2.22. The summed E-state index contributed by atoms with van der Waals surface area (Å²) in [5.41, 5.74) is 5.80. The van der Waals surface area contributed by atoms with E-state index in [2.05, 4.69) is 73.3 Å². The summed E-state index contributed by atoms with van der Waals surface area (Å²) in [6, 6.07) is 8.93. The van der Waals surface area contributed by atoms with Gasteiger partial charge in [-0.25, -0.2) is 0 Å². The molecule has 0 spiro atoms. The Morgan fingerprint density at radius 1 is 1.25 bits per heavy atom. The first-order valence-corrected chi connectivity index (χ1v) is 8.88. The monoisotopic (exact) mass is 322 g/mol. The van der Waals surface area contributed by atoms with Crippen molar-refractivity contribution in [2.45, 2.75) is 45.1 Å². The number of nitrogens with one attached hydrogen (secondary N) is 2. The minimum absolute atomic E-state index is 0.800. The molecule has 1 aliphatic carbocycles. The molecule has 1 aromatic rings. The van der Waals surface area contributed by atoms with Crippen molar-refractivity contribution in [3.63, 3.8) is 0 Å². The number of allylic oxidation sites excluding steroid dienone is 3. The lowest BCUT2D eigenvalue weighted by molar-refractivity contribution is 0.852. The molecule has 0 aromatic heterocycles. The highest BCUT2D eigenvalue weighted by atomic mass is 14.8. The highest BCUT2D eigenvalue weighted by Gasteiger charge is 2.23. The van der Waals surface area contributed by atoms with Crippen LogP contribution in [0.1, 0.15) is 49.7 Å². The second-order valence-electron chi connectivity index (χ2n) is 6.36. The third-order valence-electron chi connectivity index (χ3n) is 4.38. The molecule has 1 fully saturated rings. The molecule has 2 rings (SSSR count). The van der Waals surface area contributed by atoms with Crippen molar-refractivity contribution in [1.82, 2.24) is 10.6 Å². The summed E-state index contributed by atoms with van der Waals surface area (Å²) in [5, 5.41) is 6.53. The van der Waals surface area contributed by atoms with Gasteiger partial charge in [0.2, 0.25) is 0 Å². The van der Waals surface area contributed by atoms with Gasteiger partial charge in [0, 0.05) is 25.5 Å². The maximum absolute atomic E-state index is 4.17. The lowest BCUT2D eigenvalue weighted by Crippen LogP contribution is -2.11. The van der Waals surface area contributed by atoms with Gasteiger partial charge in [0.1, 0.15) is 0 Å². The van der Waals surface area contributed by atoms with Crippen LogP contribution < -0.4 is 10.6 Å². The lowest BCUT2D eigenvalue weighted by atomic mass is 10.0. The molecule has 2 heteroatoms. The van der Waals surface area contributed by atoms with Crippen molar-refractivity contribution in [2.24, 2.45) is 0 Å². The van der Waals surface area contributed by atoms with Crippen molar-refractivity contribution in [1.29, 1.82) is 0 Å². The summed E-state index contributed by atoms with van der Waals surface area (Å²) in [6.07, 6.45) is 11.1. The smallest absolute Gasteiger partial charge is 0.0395 e. The first-order valence-electron chi connectivity index (χ1n) is 8.88. The first-order chi connectivity index (χ1) is 11.7. The predicted octanol–water partition coefficient (Wildman–Crippen LogP) is 5.18. The van der Waals surface area contributed by atoms with Gasteiger partial charge in [-0.1, -0.05) is 56.5 Å². The van der Waals surface area contributed by atoms with Gasteiger partial charge in [-0.3, -0.25) is 0 Å². The topological polar surface area (TPSA) is 24.1 Å². The number of benzene rings is 1. The molecule has 2 N–H and O–H groups in total. The molecule has 0 bridgehead atoms. The molecule has 1 saturated carbocycles. The summed E-state index contributed by atoms with van der Waals surface area (Å²) >= 11 is 0. The van der Waals surface area contributed by atoms with Crippen LogP contribution in [-0.4, -0.2) is 7.05 Å². The Morgan fingerprint density at radius 2 is 2.04 bits per heavy atom. The van der Waals surface area contributed by atoms with Crippen LogP contribution in [0.2, 0.25) is 0 Å². The minimum atomic E-state index is 0.800. The van der Waals surface area contributed by atoms with Crippen LogP contribution in [0.4, 0.5) is 0 Å². The molecule has 0 radical (unpaired) electrons. The molecule has 0 aliphatic heterocycles. The van der Waals surface area contributed by atoms with E-state index in [1.807, 2.05) is 7.05 Å². The van der Waals surface area contributed by atoms with E-state index in [0.29, 0.717) is 0 Å². The quantitative estimate of drug-likeness (QED) is 0.458. The number of hydrogen-bond acceptors (Lipinski definition) is 2.